The van der Waals surface area contributed by atoms with Crippen molar-refractivity contribution in [2.24, 2.45) is 0 Å². The average Bonchev–Trinajstić information content (AvgIpc) is 3.19. The van der Waals surface area contributed by atoms with Crippen molar-refractivity contribution in [1.82, 2.24) is 9.78 Å². The lowest BCUT2D eigenvalue weighted by atomic mass is 10.0. The monoisotopic (exact) mass is 515 g/mol. The topological polar surface area (TPSA) is 95.7 Å². The quantitative estimate of drug-likeness (QED) is 0.399. The van der Waals surface area contributed by atoms with Crippen LogP contribution >= 0.6 is 11.6 Å². The molecule has 0 aliphatic carbocycles. The summed E-state index contributed by atoms with van der Waals surface area (Å²) in [4.78, 5) is 27.2. The van der Waals surface area contributed by atoms with Gasteiger partial charge < -0.3 is 15.1 Å². The Hall–Kier alpha value is -3.89. The van der Waals surface area contributed by atoms with Crippen LogP contribution in [0.1, 0.15) is 26.3 Å². The first-order valence-electron chi connectivity index (χ1n) is 10.7. The van der Waals surface area contributed by atoms with Gasteiger partial charge in [-0.15, -0.1) is 0 Å². The first-order chi connectivity index (χ1) is 17.1. The van der Waals surface area contributed by atoms with Gasteiger partial charge >= 0.3 is 12.1 Å². The Labute approximate surface area is 206 Å². The number of hydrogen-bond donors (Lipinski definition) is 2. The van der Waals surface area contributed by atoms with E-state index >= 15 is 0 Å². The molecule has 0 radical (unpaired) electrons. The van der Waals surface area contributed by atoms with Crippen molar-refractivity contribution in [2.45, 2.75) is 12.3 Å². The van der Waals surface area contributed by atoms with Gasteiger partial charge in [0.05, 0.1) is 33.3 Å². The molecule has 0 bridgehead atoms. The zero-order valence-corrected chi connectivity index (χ0v) is 19.1. The lowest BCUT2D eigenvalue weighted by molar-refractivity contribution is -0.137. The van der Waals surface area contributed by atoms with Crippen molar-refractivity contribution >= 4 is 40.1 Å². The summed E-state index contributed by atoms with van der Waals surface area (Å²) in [5, 5.41) is 23.6. The molecule has 0 amide bonds. The summed E-state index contributed by atoms with van der Waals surface area (Å²) in [6, 6.07) is 14.0. The molecular weight excluding hydrogens is 499 g/mol. The third kappa shape index (κ3) is 3.98. The predicted molar refractivity (Wildman–Crippen MR) is 127 cm³/mol. The number of carbonyl (C=O) groups is 2. The summed E-state index contributed by atoms with van der Waals surface area (Å²) in [5.74, 6) is -2.34. The van der Waals surface area contributed by atoms with Crippen LogP contribution in [0.5, 0.6) is 0 Å². The van der Waals surface area contributed by atoms with Crippen LogP contribution in [-0.2, 0) is 6.18 Å². The van der Waals surface area contributed by atoms with Gasteiger partial charge in [-0.25, -0.2) is 4.79 Å². The van der Waals surface area contributed by atoms with Gasteiger partial charge in [0.15, 0.2) is 0 Å². The summed E-state index contributed by atoms with van der Waals surface area (Å²) >= 11 is 6.08. The standard InChI is InChI=1S/C25H17ClF3N3O4/c26-19-7-3-6-18(25(27,28)29)21(19)23(34)32-20-10-13(31-11-14(33)12-31)8-9-17(20)22(30-32)15-4-1-2-5-16(15)24(35)36/h1-10,14,33H,11-12H2,(H,35,36). The molecule has 0 unspecified atom stereocenters. The van der Waals surface area contributed by atoms with Crippen molar-refractivity contribution in [3.05, 3.63) is 82.4 Å². The molecule has 1 aliphatic rings. The molecule has 1 saturated heterocycles. The molecule has 1 fully saturated rings. The lowest BCUT2D eigenvalue weighted by Gasteiger charge is -2.37. The number of aliphatic hydroxyl groups is 1. The summed E-state index contributed by atoms with van der Waals surface area (Å²) in [6.45, 7) is 0.704. The maximum atomic E-state index is 13.8. The maximum Gasteiger partial charge on any atom is 0.417 e. The number of aromatic carboxylic acids is 1. The van der Waals surface area contributed by atoms with Gasteiger partial charge in [0, 0.05) is 29.7 Å². The number of benzene rings is 3. The van der Waals surface area contributed by atoms with Crippen LogP contribution in [0.25, 0.3) is 22.2 Å². The Kier molecular flexibility index (Phi) is 5.73. The number of alkyl halides is 3. The first kappa shape index (κ1) is 23.8. The third-order valence-electron chi connectivity index (χ3n) is 6.03. The number of fused-ring (bicyclic) bond motifs is 1. The van der Waals surface area contributed by atoms with Crippen LogP contribution in [0.2, 0.25) is 5.02 Å². The number of aliphatic hydroxyl groups excluding tert-OH is 1. The molecule has 0 atom stereocenters. The molecule has 0 spiro atoms. The number of halogens is 4. The van der Waals surface area contributed by atoms with E-state index < -0.39 is 40.3 Å². The van der Waals surface area contributed by atoms with Gasteiger partial charge in [0.2, 0.25) is 0 Å². The molecule has 0 saturated carbocycles. The summed E-state index contributed by atoms with van der Waals surface area (Å²) in [7, 11) is 0. The minimum absolute atomic E-state index is 0.0832. The van der Waals surface area contributed by atoms with Gasteiger partial charge in [0.25, 0.3) is 5.91 Å². The van der Waals surface area contributed by atoms with Crippen LogP contribution in [0.15, 0.2) is 60.7 Å². The Bertz CT molecular complexity index is 1530. The van der Waals surface area contributed by atoms with Crippen LogP contribution in [0.3, 0.4) is 0 Å². The molecule has 7 nitrogen and oxygen atoms in total. The number of aromatic nitrogens is 2. The van der Waals surface area contributed by atoms with Gasteiger partial charge in [-0.1, -0.05) is 35.9 Å². The molecule has 4 aromatic rings. The van der Waals surface area contributed by atoms with Crippen LogP contribution in [0.4, 0.5) is 18.9 Å². The van der Waals surface area contributed by atoms with E-state index in [1.165, 1.54) is 24.3 Å². The minimum atomic E-state index is -4.85. The van der Waals surface area contributed by atoms with E-state index in [0.717, 1.165) is 16.8 Å². The zero-order chi connectivity index (χ0) is 25.8. The van der Waals surface area contributed by atoms with E-state index in [4.69, 9.17) is 11.6 Å². The van der Waals surface area contributed by atoms with Crippen molar-refractivity contribution in [1.29, 1.82) is 0 Å². The Balaban J connectivity index is 1.77. The van der Waals surface area contributed by atoms with Gasteiger partial charge in [-0.3, -0.25) is 4.79 Å². The van der Waals surface area contributed by atoms with E-state index in [0.29, 0.717) is 24.2 Å². The summed E-state index contributed by atoms with van der Waals surface area (Å²) in [5.41, 5.74) is -0.953. The second kappa shape index (κ2) is 8.65. The third-order valence-corrected chi connectivity index (χ3v) is 6.34. The Morgan fingerprint density at radius 3 is 2.42 bits per heavy atom. The molecule has 11 heteroatoms. The van der Waals surface area contributed by atoms with Crippen molar-refractivity contribution in [3.8, 4) is 11.3 Å². The van der Waals surface area contributed by atoms with Crippen molar-refractivity contribution in [2.75, 3.05) is 18.0 Å². The highest BCUT2D eigenvalue weighted by Crippen LogP contribution is 2.38. The number of carboxylic acids is 1. The first-order valence-corrected chi connectivity index (χ1v) is 11.1. The average molecular weight is 516 g/mol. The van der Waals surface area contributed by atoms with Gasteiger partial charge in [0.1, 0.15) is 5.69 Å². The normalized spacial score (nSPS) is 14.2. The lowest BCUT2D eigenvalue weighted by Crippen LogP contribution is -2.50. The van der Waals surface area contributed by atoms with Gasteiger partial charge in [-0.05, 0) is 36.4 Å². The van der Waals surface area contributed by atoms with Crippen LogP contribution < -0.4 is 4.90 Å². The minimum Gasteiger partial charge on any atom is -0.478 e. The number of anilines is 1. The summed E-state index contributed by atoms with van der Waals surface area (Å²) in [6.07, 6.45) is -5.36. The van der Waals surface area contributed by atoms with Crippen LogP contribution in [-0.4, -0.2) is 51.1 Å². The number of carbonyl (C=O) groups excluding carboxylic acids is 1. The zero-order valence-electron chi connectivity index (χ0n) is 18.3. The molecule has 1 aliphatic heterocycles. The molecular formula is C25H17ClF3N3O4. The van der Waals surface area contributed by atoms with E-state index in [2.05, 4.69) is 5.10 Å². The highest BCUT2D eigenvalue weighted by atomic mass is 35.5. The molecule has 1 aromatic heterocycles. The fourth-order valence-corrected chi connectivity index (χ4v) is 4.53. The van der Waals surface area contributed by atoms with Gasteiger partial charge in [-0.2, -0.15) is 23.0 Å². The molecule has 184 valence electrons. The molecule has 2 N–H and O–H groups in total. The SMILES string of the molecule is O=C(O)c1ccccc1-c1nn(C(=O)c2c(Cl)cccc2C(F)(F)F)c2cc(N3CC(O)C3)ccc12. The number of hydrogen-bond acceptors (Lipinski definition) is 5. The van der Waals surface area contributed by atoms with E-state index in [-0.39, 0.29) is 22.3 Å². The smallest absolute Gasteiger partial charge is 0.417 e. The number of β-amino-alcohol motifs (C(OH)–C–C–N with tert-alkyl or cyclic N) is 1. The molecule has 5 rings (SSSR count). The number of rotatable bonds is 4. The second-order valence-electron chi connectivity index (χ2n) is 8.34. The molecule has 36 heavy (non-hydrogen) atoms. The van der Waals surface area contributed by atoms with E-state index in [1.807, 2.05) is 4.90 Å². The second-order valence-corrected chi connectivity index (χ2v) is 8.74. The van der Waals surface area contributed by atoms with Crippen molar-refractivity contribution in [3.63, 3.8) is 0 Å². The highest BCUT2D eigenvalue weighted by Gasteiger charge is 2.37. The maximum absolute atomic E-state index is 13.8. The van der Waals surface area contributed by atoms with E-state index in [9.17, 15) is 33.0 Å². The molecule has 3 aromatic carbocycles. The number of carboxylic acid groups (broad SMARTS) is 1. The summed E-state index contributed by atoms with van der Waals surface area (Å²) < 4.78 is 42.1. The fourth-order valence-electron chi connectivity index (χ4n) is 4.28. The largest absolute Gasteiger partial charge is 0.478 e. The van der Waals surface area contributed by atoms with Crippen LogP contribution in [0, 0.1) is 0 Å². The Morgan fingerprint density at radius 2 is 1.75 bits per heavy atom. The predicted octanol–water partition coefficient (Wildman–Crippen LogP) is 4.94. The highest BCUT2D eigenvalue weighted by molar-refractivity contribution is 6.34. The van der Waals surface area contributed by atoms with Crippen molar-refractivity contribution < 1.29 is 33.0 Å². The fraction of sp³-hybridized carbons (Fsp3) is 0.160. The molecule has 2 heterocycles. The number of nitrogens with zero attached hydrogens (tertiary/aromatic N) is 3. The Morgan fingerprint density at radius 1 is 1.03 bits per heavy atom. The van der Waals surface area contributed by atoms with E-state index in [1.54, 1.807) is 24.3 Å².